The number of nitrogens with two attached hydrogens (primary N) is 1. The fourth-order valence-corrected chi connectivity index (χ4v) is 2.66. The number of amides is 1. The fraction of sp³-hybridized carbons (Fsp3) is 0. The lowest BCUT2D eigenvalue weighted by Crippen LogP contribution is -2.12. The van der Waals surface area contributed by atoms with Crippen LogP contribution in [0.1, 0.15) is 0 Å². The Morgan fingerprint density at radius 2 is 1.84 bits per heavy atom. The standard InChI is InChI=1S/C17H16N4O3S/c1-3-25(23,24)16-10-9-13(18)11-15(16)21-20-12(2)17(22)19-14-7-5-4-6-8-14/h3-11H,1-2,18H2,(H,19,22). The number of sulfone groups is 1. The third-order valence-corrected chi connectivity index (χ3v) is 4.48. The minimum absolute atomic E-state index is 0.00596. The van der Waals surface area contributed by atoms with Crippen LogP contribution in [0.25, 0.3) is 0 Å². The summed E-state index contributed by atoms with van der Waals surface area (Å²) in [4.78, 5) is 11.9. The number of nitrogens with one attached hydrogen (secondary N) is 1. The molecule has 0 saturated carbocycles. The fourth-order valence-electron chi connectivity index (χ4n) is 1.83. The van der Waals surface area contributed by atoms with Crippen LogP contribution < -0.4 is 11.1 Å². The molecule has 7 nitrogen and oxygen atoms in total. The topological polar surface area (TPSA) is 114 Å². The molecule has 0 atom stereocenters. The van der Waals surface area contributed by atoms with Crippen LogP contribution in [0.15, 0.2) is 87.9 Å². The van der Waals surface area contributed by atoms with Crippen molar-refractivity contribution < 1.29 is 13.2 Å². The van der Waals surface area contributed by atoms with E-state index in [2.05, 4.69) is 28.7 Å². The summed E-state index contributed by atoms with van der Waals surface area (Å²) in [6, 6.07) is 12.8. The monoisotopic (exact) mass is 356 g/mol. The Kier molecular flexibility index (Phi) is 5.45. The molecule has 128 valence electrons. The summed E-state index contributed by atoms with van der Waals surface area (Å²) in [6.07, 6.45) is 0. The number of nitrogens with zero attached hydrogens (tertiary/aromatic N) is 2. The molecule has 25 heavy (non-hydrogen) atoms. The molecule has 0 aliphatic heterocycles. The first-order chi connectivity index (χ1) is 11.8. The minimum Gasteiger partial charge on any atom is -0.399 e. The second-order valence-electron chi connectivity index (χ2n) is 4.91. The van der Waals surface area contributed by atoms with Crippen molar-refractivity contribution in [1.82, 2.24) is 0 Å². The summed E-state index contributed by atoms with van der Waals surface area (Å²) in [5.74, 6) is -0.563. The third kappa shape index (κ3) is 4.61. The molecule has 0 unspecified atom stereocenters. The highest BCUT2D eigenvalue weighted by molar-refractivity contribution is 7.94. The summed E-state index contributed by atoms with van der Waals surface area (Å²) >= 11 is 0. The van der Waals surface area contributed by atoms with Gasteiger partial charge in [0.1, 0.15) is 11.4 Å². The van der Waals surface area contributed by atoms with Crippen LogP contribution in [0.2, 0.25) is 0 Å². The smallest absolute Gasteiger partial charge is 0.275 e. The SMILES string of the molecule is C=CS(=O)(=O)c1ccc(N)cc1N=NC(=C)C(=O)Nc1ccccc1. The average molecular weight is 356 g/mol. The van der Waals surface area contributed by atoms with Crippen LogP contribution in [0, 0.1) is 0 Å². The van der Waals surface area contributed by atoms with E-state index in [9.17, 15) is 13.2 Å². The molecular weight excluding hydrogens is 340 g/mol. The normalized spacial score (nSPS) is 11.2. The molecule has 0 spiro atoms. The van der Waals surface area contributed by atoms with E-state index in [1.807, 2.05) is 6.07 Å². The van der Waals surface area contributed by atoms with Crippen molar-refractivity contribution in [3.63, 3.8) is 0 Å². The van der Waals surface area contributed by atoms with Crippen LogP contribution in [0.3, 0.4) is 0 Å². The highest BCUT2D eigenvalue weighted by Gasteiger charge is 2.16. The van der Waals surface area contributed by atoms with Gasteiger partial charge in [-0.2, -0.15) is 0 Å². The summed E-state index contributed by atoms with van der Waals surface area (Å²) < 4.78 is 24.0. The van der Waals surface area contributed by atoms with Crippen LogP contribution >= 0.6 is 0 Å². The van der Waals surface area contributed by atoms with Gasteiger partial charge in [-0.25, -0.2) is 8.42 Å². The predicted molar refractivity (Wildman–Crippen MR) is 97.0 cm³/mol. The quantitative estimate of drug-likeness (QED) is 0.469. The zero-order chi connectivity index (χ0) is 18.4. The number of carbonyl (C=O) groups excluding carboxylic acids is 1. The molecule has 3 N–H and O–H groups in total. The first kappa shape index (κ1) is 18.1. The lowest BCUT2D eigenvalue weighted by atomic mass is 10.3. The number of rotatable bonds is 6. The molecule has 2 rings (SSSR count). The Hall–Kier alpha value is -3.26. The largest absolute Gasteiger partial charge is 0.399 e. The van der Waals surface area contributed by atoms with Crippen molar-refractivity contribution in [2.45, 2.75) is 4.90 Å². The van der Waals surface area contributed by atoms with E-state index in [0.29, 0.717) is 11.4 Å². The molecule has 0 heterocycles. The number of hydrogen-bond donors (Lipinski definition) is 2. The second kappa shape index (κ2) is 7.54. The van der Waals surface area contributed by atoms with Gasteiger partial charge in [0.2, 0.25) is 9.84 Å². The van der Waals surface area contributed by atoms with Crippen LogP contribution in [0.4, 0.5) is 17.1 Å². The van der Waals surface area contributed by atoms with Crippen molar-refractivity contribution in [2.75, 3.05) is 11.1 Å². The van der Waals surface area contributed by atoms with Gasteiger partial charge in [-0.05, 0) is 30.3 Å². The second-order valence-corrected chi connectivity index (χ2v) is 6.77. The maximum Gasteiger partial charge on any atom is 0.275 e. The molecule has 0 radical (unpaired) electrons. The van der Waals surface area contributed by atoms with Crippen molar-refractivity contribution in [1.29, 1.82) is 0 Å². The number of para-hydroxylation sites is 1. The van der Waals surface area contributed by atoms with Gasteiger partial charge in [0.05, 0.1) is 4.90 Å². The van der Waals surface area contributed by atoms with E-state index in [1.54, 1.807) is 24.3 Å². The van der Waals surface area contributed by atoms with E-state index in [-0.39, 0.29) is 16.3 Å². The maximum atomic E-state index is 12.0. The van der Waals surface area contributed by atoms with Gasteiger partial charge in [-0.15, -0.1) is 10.2 Å². The molecule has 8 heteroatoms. The molecule has 1 amide bonds. The Morgan fingerprint density at radius 1 is 1.16 bits per heavy atom. The minimum atomic E-state index is -3.74. The first-order valence-corrected chi connectivity index (χ1v) is 8.62. The van der Waals surface area contributed by atoms with Gasteiger partial charge < -0.3 is 11.1 Å². The molecule has 2 aromatic carbocycles. The van der Waals surface area contributed by atoms with Gasteiger partial charge in [0.15, 0.2) is 0 Å². The van der Waals surface area contributed by atoms with Gasteiger partial charge in [0.25, 0.3) is 5.91 Å². The summed E-state index contributed by atoms with van der Waals surface area (Å²) in [6.45, 7) is 6.80. The molecule has 2 aromatic rings. The zero-order valence-electron chi connectivity index (χ0n) is 13.2. The number of benzene rings is 2. The highest BCUT2D eigenvalue weighted by Crippen LogP contribution is 2.28. The highest BCUT2D eigenvalue weighted by atomic mass is 32.2. The van der Waals surface area contributed by atoms with Gasteiger partial charge >= 0.3 is 0 Å². The number of nitrogen functional groups attached to an aromatic ring is 1. The van der Waals surface area contributed by atoms with Crippen molar-refractivity contribution in [3.8, 4) is 0 Å². The van der Waals surface area contributed by atoms with E-state index in [0.717, 1.165) is 5.41 Å². The third-order valence-electron chi connectivity index (χ3n) is 3.08. The number of carbonyl (C=O) groups is 1. The van der Waals surface area contributed by atoms with E-state index in [1.165, 1.54) is 18.2 Å². The van der Waals surface area contributed by atoms with Gasteiger partial charge in [0, 0.05) is 16.8 Å². The van der Waals surface area contributed by atoms with E-state index >= 15 is 0 Å². The Bertz CT molecular complexity index is 951. The van der Waals surface area contributed by atoms with Crippen LogP contribution in [-0.2, 0) is 14.6 Å². The molecule has 0 fully saturated rings. The zero-order valence-corrected chi connectivity index (χ0v) is 14.0. The molecule has 0 aliphatic rings. The summed E-state index contributed by atoms with van der Waals surface area (Å²) in [7, 11) is -3.74. The van der Waals surface area contributed by atoms with Crippen LogP contribution in [0.5, 0.6) is 0 Å². The molecule has 0 saturated heterocycles. The Labute approximate surface area is 145 Å². The predicted octanol–water partition coefficient (Wildman–Crippen LogP) is 3.42. The maximum absolute atomic E-state index is 12.0. The Balaban J connectivity index is 2.24. The number of anilines is 2. The number of azo groups is 1. The molecule has 0 bridgehead atoms. The molecule has 0 aromatic heterocycles. The van der Waals surface area contributed by atoms with E-state index in [4.69, 9.17) is 5.73 Å². The summed E-state index contributed by atoms with van der Waals surface area (Å²) in [5, 5.41) is 10.9. The molecular formula is C17H16N4O3S. The molecule has 0 aliphatic carbocycles. The average Bonchev–Trinajstić information content (AvgIpc) is 2.60. The van der Waals surface area contributed by atoms with Crippen LogP contribution in [-0.4, -0.2) is 14.3 Å². The van der Waals surface area contributed by atoms with Crippen molar-refractivity contribution in [3.05, 3.63) is 72.8 Å². The van der Waals surface area contributed by atoms with Crippen molar-refractivity contribution in [2.24, 2.45) is 10.2 Å². The van der Waals surface area contributed by atoms with Gasteiger partial charge in [-0.3, -0.25) is 4.79 Å². The summed E-state index contributed by atoms with van der Waals surface area (Å²) in [5.41, 5.74) is 6.34. The lowest BCUT2D eigenvalue weighted by Gasteiger charge is -2.05. The lowest BCUT2D eigenvalue weighted by molar-refractivity contribution is -0.112. The first-order valence-electron chi connectivity index (χ1n) is 7.07. The Morgan fingerprint density at radius 3 is 2.48 bits per heavy atom. The van der Waals surface area contributed by atoms with Crippen molar-refractivity contribution >= 4 is 32.8 Å². The van der Waals surface area contributed by atoms with Gasteiger partial charge in [-0.1, -0.05) is 31.4 Å². The number of hydrogen-bond acceptors (Lipinski definition) is 6. The van der Waals surface area contributed by atoms with E-state index < -0.39 is 15.7 Å².